The van der Waals surface area contributed by atoms with Crippen molar-refractivity contribution in [1.29, 1.82) is 0 Å². The minimum absolute atomic E-state index is 0.0216. The van der Waals surface area contributed by atoms with Crippen molar-refractivity contribution in [3.8, 4) is 0 Å². The SMILES string of the molecule is O=C(CCSc1ccc(Cl)cc1)OCc1cc(=O)n2cc(Br)ccc2n1. The van der Waals surface area contributed by atoms with Crippen LogP contribution in [0.15, 0.2) is 62.8 Å². The number of nitrogens with zero attached hydrogens (tertiary/aromatic N) is 2. The number of carbonyl (C=O) groups excluding carboxylic acids is 1. The molecule has 0 spiro atoms. The van der Waals surface area contributed by atoms with Gasteiger partial charge in [-0.05, 0) is 52.3 Å². The average molecular weight is 454 g/mol. The summed E-state index contributed by atoms with van der Waals surface area (Å²) in [5, 5.41) is 0.680. The number of hydrogen-bond donors (Lipinski definition) is 0. The standard InChI is InChI=1S/C18H14BrClN2O3S/c19-12-1-6-16-21-14(9-17(23)22(16)10-12)11-25-18(24)7-8-26-15-4-2-13(20)3-5-15/h1-6,9-10H,7-8,11H2. The number of esters is 1. The third kappa shape index (κ3) is 5.09. The molecule has 0 bridgehead atoms. The number of thioether (sulfide) groups is 1. The summed E-state index contributed by atoms with van der Waals surface area (Å²) in [6, 6.07) is 12.3. The number of hydrogen-bond acceptors (Lipinski definition) is 5. The summed E-state index contributed by atoms with van der Waals surface area (Å²) in [7, 11) is 0. The summed E-state index contributed by atoms with van der Waals surface area (Å²) < 4.78 is 7.43. The smallest absolute Gasteiger partial charge is 0.307 e. The van der Waals surface area contributed by atoms with Gasteiger partial charge in [-0.2, -0.15) is 0 Å². The largest absolute Gasteiger partial charge is 0.459 e. The number of pyridine rings is 1. The van der Waals surface area contributed by atoms with Gasteiger partial charge in [-0.15, -0.1) is 11.8 Å². The van der Waals surface area contributed by atoms with Crippen LogP contribution in [0, 0.1) is 0 Å². The van der Waals surface area contributed by atoms with E-state index >= 15 is 0 Å². The molecule has 0 saturated heterocycles. The Labute approximate surface area is 167 Å². The van der Waals surface area contributed by atoms with Gasteiger partial charge in [-0.1, -0.05) is 11.6 Å². The molecule has 0 aliphatic carbocycles. The van der Waals surface area contributed by atoms with Gasteiger partial charge in [0.05, 0.1) is 12.1 Å². The van der Waals surface area contributed by atoms with Gasteiger partial charge in [0.15, 0.2) is 0 Å². The minimum atomic E-state index is -0.329. The molecular formula is C18H14BrClN2O3S. The number of benzene rings is 1. The quantitative estimate of drug-likeness (QED) is 0.410. The van der Waals surface area contributed by atoms with Crippen LogP contribution in [0.4, 0.5) is 0 Å². The van der Waals surface area contributed by atoms with Gasteiger partial charge < -0.3 is 4.74 Å². The number of halogens is 2. The third-order valence-electron chi connectivity index (χ3n) is 3.45. The van der Waals surface area contributed by atoms with Crippen molar-refractivity contribution in [3.05, 3.63) is 74.2 Å². The maximum absolute atomic E-state index is 12.1. The first-order valence-corrected chi connectivity index (χ1v) is 9.89. The van der Waals surface area contributed by atoms with Crippen LogP contribution in [-0.4, -0.2) is 21.1 Å². The van der Waals surface area contributed by atoms with E-state index in [1.165, 1.54) is 10.5 Å². The molecule has 0 amide bonds. The molecule has 26 heavy (non-hydrogen) atoms. The van der Waals surface area contributed by atoms with Crippen LogP contribution in [0.1, 0.15) is 12.1 Å². The number of carbonyl (C=O) groups is 1. The van der Waals surface area contributed by atoms with Crippen LogP contribution >= 0.6 is 39.3 Å². The first-order valence-electron chi connectivity index (χ1n) is 7.73. The van der Waals surface area contributed by atoms with Crippen molar-refractivity contribution >= 4 is 50.9 Å². The number of ether oxygens (including phenoxy) is 1. The van der Waals surface area contributed by atoms with Crippen LogP contribution in [0.3, 0.4) is 0 Å². The van der Waals surface area contributed by atoms with Gasteiger partial charge in [0.1, 0.15) is 12.3 Å². The zero-order chi connectivity index (χ0) is 18.5. The number of aromatic nitrogens is 2. The highest BCUT2D eigenvalue weighted by atomic mass is 79.9. The van der Waals surface area contributed by atoms with Crippen molar-refractivity contribution < 1.29 is 9.53 Å². The molecule has 2 heterocycles. The molecular weight excluding hydrogens is 440 g/mol. The second-order valence-corrected chi connectivity index (χ2v) is 7.89. The maximum Gasteiger partial charge on any atom is 0.307 e. The Morgan fingerprint density at radius 1 is 1.23 bits per heavy atom. The van der Waals surface area contributed by atoms with Gasteiger partial charge in [-0.3, -0.25) is 14.0 Å². The highest BCUT2D eigenvalue weighted by molar-refractivity contribution is 9.10. The highest BCUT2D eigenvalue weighted by Crippen LogP contribution is 2.21. The summed E-state index contributed by atoms with van der Waals surface area (Å²) in [4.78, 5) is 29.3. The Balaban J connectivity index is 1.52. The average Bonchev–Trinajstić information content (AvgIpc) is 2.62. The first-order chi connectivity index (χ1) is 12.5. The summed E-state index contributed by atoms with van der Waals surface area (Å²) >= 11 is 10.7. The molecule has 0 aliphatic heterocycles. The summed E-state index contributed by atoms with van der Waals surface area (Å²) in [6.07, 6.45) is 1.92. The highest BCUT2D eigenvalue weighted by Gasteiger charge is 2.07. The van der Waals surface area contributed by atoms with Crippen molar-refractivity contribution in [2.45, 2.75) is 17.9 Å². The van der Waals surface area contributed by atoms with Gasteiger partial charge in [0.2, 0.25) is 0 Å². The summed E-state index contributed by atoms with van der Waals surface area (Å²) in [6.45, 7) is -0.0216. The topological polar surface area (TPSA) is 60.7 Å². The van der Waals surface area contributed by atoms with Crippen LogP contribution in [0.25, 0.3) is 5.65 Å². The van der Waals surface area contributed by atoms with E-state index in [1.54, 1.807) is 30.1 Å². The fraction of sp³-hybridized carbons (Fsp3) is 0.167. The molecule has 2 aromatic heterocycles. The number of fused-ring (bicyclic) bond motifs is 1. The molecule has 1 aromatic carbocycles. The van der Waals surface area contributed by atoms with Crippen molar-refractivity contribution in [2.24, 2.45) is 0 Å². The number of rotatable bonds is 6. The lowest BCUT2D eigenvalue weighted by Crippen LogP contribution is -2.16. The Kier molecular flexibility index (Phi) is 6.34. The Bertz CT molecular complexity index is 992. The first kappa shape index (κ1) is 18.9. The summed E-state index contributed by atoms with van der Waals surface area (Å²) in [5.41, 5.74) is 0.710. The lowest BCUT2D eigenvalue weighted by molar-refractivity contribution is -0.144. The second-order valence-electron chi connectivity index (χ2n) is 5.37. The van der Waals surface area contributed by atoms with Crippen molar-refractivity contribution in [3.63, 3.8) is 0 Å². The Hall–Kier alpha value is -1.83. The van der Waals surface area contributed by atoms with Crippen molar-refractivity contribution in [2.75, 3.05) is 5.75 Å². The van der Waals surface area contributed by atoms with Crippen LogP contribution < -0.4 is 5.56 Å². The minimum Gasteiger partial charge on any atom is -0.459 e. The van der Waals surface area contributed by atoms with E-state index in [1.807, 2.05) is 24.3 Å². The molecule has 8 heteroatoms. The lowest BCUT2D eigenvalue weighted by Gasteiger charge is -2.06. The monoisotopic (exact) mass is 452 g/mol. The van der Waals surface area contributed by atoms with E-state index < -0.39 is 0 Å². The fourth-order valence-electron chi connectivity index (χ4n) is 2.21. The predicted octanol–water partition coefficient (Wildman–Crippen LogP) is 4.34. The van der Waals surface area contributed by atoms with E-state index in [0.29, 0.717) is 22.1 Å². The fourth-order valence-corrected chi connectivity index (χ4v) is 3.51. The van der Waals surface area contributed by atoms with E-state index in [2.05, 4.69) is 20.9 Å². The normalized spacial score (nSPS) is 10.8. The zero-order valence-corrected chi connectivity index (χ0v) is 16.7. The molecule has 0 unspecified atom stereocenters. The van der Waals surface area contributed by atoms with E-state index in [-0.39, 0.29) is 24.6 Å². The van der Waals surface area contributed by atoms with Gasteiger partial charge in [-0.25, -0.2) is 4.98 Å². The summed E-state index contributed by atoms with van der Waals surface area (Å²) in [5.74, 6) is 0.270. The van der Waals surface area contributed by atoms with Crippen LogP contribution in [-0.2, 0) is 16.1 Å². The molecule has 0 radical (unpaired) electrons. The van der Waals surface area contributed by atoms with E-state index in [4.69, 9.17) is 16.3 Å². The van der Waals surface area contributed by atoms with E-state index in [0.717, 1.165) is 9.37 Å². The zero-order valence-electron chi connectivity index (χ0n) is 13.5. The third-order valence-corrected chi connectivity index (χ3v) is 5.18. The van der Waals surface area contributed by atoms with E-state index in [9.17, 15) is 9.59 Å². The van der Waals surface area contributed by atoms with Crippen LogP contribution in [0.5, 0.6) is 0 Å². The van der Waals surface area contributed by atoms with Crippen molar-refractivity contribution in [1.82, 2.24) is 9.38 Å². The molecule has 0 N–H and O–H groups in total. The second kappa shape index (κ2) is 8.70. The molecule has 0 atom stereocenters. The Morgan fingerprint density at radius 3 is 2.77 bits per heavy atom. The lowest BCUT2D eigenvalue weighted by atomic mass is 10.4. The van der Waals surface area contributed by atoms with Gasteiger partial charge >= 0.3 is 5.97 Å². The Morgan fingerprint density at radius 2 is 2.00 bits per heavy atom. The molecule has 3 rings (SSSR count). The maximum atomic E-state index is 12.1. The molecule has 5 nitrogen and oxygen atoms in total. The molecule has 134 valence electrons. The molecule has 0 saturated carbocycles. The molecule has 3 aromatic rings. The molecule has 0 fully saturated rings. The van der Waals surface area contributed by atoms with Gasteiger partial charge in [0, 0.05) is 32.4 Å². The van der Waals surface area contributed by atoms with Gasteiger partial charge in [0.25, 0.3) is 5.56 Å². The van der Waals surface area contributed by atoms with Crippen LogP contribution in [0.2, 0.25) is 5.02 Å². The molecule has 0 aliphatic rings. The predicted molar refractivity (Wildman–Crippen MR) is 106 cm³/mol.